The van der Waals surface area contributed by atoms with Gasteiger partial charge in [-0.05, 0) is 33.6 Å². The lowest BCUT2D eigenvalue weighted by Gasteiger charge is -2.33. The van der Waals surface area contributed by atoms with Crippen LogP contribution in [-0.2, 0) is 0 Å². The molecule has 0 bridgehead atoms. The van der Waals surface area contributed by atoms with Gasteiger partial charge in [0.1, 0.15) is 5.82 Å². The van der Waals surface area contributed by atoms with Gasteiger partial charge in [-0.2, -0.15) is 0 Å². The average molecular weight is 299 g/mol. The first-order chi connectivity index (χ1) is 8.22. The Hall–Kier alpha value is -0.710. The van der Waals surface area contributed by atoms with Gasteiger partial charge in [-0.15, -0.1) is 6.58 Å². The fourth-order valence-electron chi connectivity index (χ4n) is 2.15. The van der Waals surface area contributed by atoms with Gasteiger partial charge >= 0.3 is 0 Å². The Labute approximate surface area is 110 Å². The third-order valence-electron chi connectivity index (χ3n) is 3.05. The van der Waals surface area contributed by atoms with Crippen LogP contribution in [0.2, 0.25) is 0 Å². The molecule has 0 amide bonds. The van der Waals surface area contributed by atoms with Crippen LogP contribution in [0.1, 0.15) is 11.6 Å². The Kier molecular flexibility index (Phi) is 4.31. The van der Waals surface area contributed by atoms with Crippen LogP contribution in [0.4, 0.5) is 4.39 Å². The van der Waals surface area contributed by atoms with E-state index in [1.165, 1.54) is 0 Å². The lowest BCUT2D eigenvalue weighted by atomic mass is 10.0. The Morgan fingerprint density at radius 1 is 1.41 bits per heavy atom. The molecule has 0 aliphatic carbocycles. The van der Waals surface area contributed by atoms with Gasteiger partial charge in [-0.25, -0.2) is 4.39 Å². The highest BCUT2D eigenvalue weighted by Gasteiger charge is 2.19. The molecule has 1 saturated heterocycles. The molecule has 92 valence electrons. The van der Waals surface area contributed by atoms with Gasteiger partial charge in [0.2, 0.25) is 0 Å². The molecule has 1 aliphatic heterocycles. The second-order valence-corrected chi connectivity index (χ2v) is 4.99. The van der Waals surface area contributed by atoms with Crippen molar-refractivity contribution < 1.29 is 4.39 Å². The van der Waals surface area contributed by atoms with E-state index in [9.17, 15) is 4.39 Å². The van der Waals surface area contributed by atoms with Gasteiger partial charge in [-0.3, -0.25) is 4.90 Å². The molecular weight excluding hydrogens is 283 g/mol. The number of benzene rings is 1. The molecule has 0 spiro atoms. The molecule has 2 nitrogen and oxygen atoms in total. The van der Waals surface area contributed by atoms with Crippen molar-refractivity contribution in [3.8, 4) is 0 Å². The minimum absolute atomic E-state index is 0.0969. The molecular formula is C13H16BrFN2. The summed E-state index contributed by atoms with van der Waals surface area (Å²) in [4.78, 5) is 2.31. The van der Waals surface area contributed by atoms with E-state index in [0.29, 0.717) is 4.47 Å². The van der Waals surface area contributed by atoms with E-state index < -0.39 is 0 Å². The van der Waals surface area contributed by atoms with Crippen LogP contribution in [0.5, 0.6) is 0 Å². The molecule has 4 heteroatoms. The zero-order valence-corrected chi connectivity index (χ0v) is 11.2. The number of nitrogens with zero attached hydrogens (tertiary/aromatic N) is 1. The molecule has 1 aromatic rings. The third-order valence-corrected chi connectivity index (χ3v) is 3.70. The van der Waals surface area contributed by atoms with Crippen LogP contribution in [0, 0.1) is 5.82 Å². The molecule has 0 aromatic heterocycles. The fourth-order valence-corrected chi connectivity index (χ4v) is 2.40. The summed E-state index contributed by atoms with van der Waals surface area (Å²) in [7, 11) is 0. The minimum Gasteiger partial charge on any atom is -0.314 e. The van der Waals surface area contributed by atoms with Crippen molar-refractivity contribution in [1.29, 1.82) is 0 Å². The maximum absolute atomic E-state index is 13.5. The summed E-state index contributed by atoms with van der Waals surface area (Å²) in [5.41, 5.74) is 0.961. The number of piperazine rings is 1. The van der Waals surface area contributed by atoms with Crippen LogP contribution in [0.15, 0.2) is 35.3 Å². The summed E-state index contributed by atoms with van der Waals surface area (Å²) < 4.78 is 14.0. The molecule has 2 rings (SSSR count). The highest BCUT2D eigenvalue weighted by atomic mass is 79.9. The smallest absolute Gasteiger partial charge is 0.137 e. The van der Waals surface area contributed by atoms with Crippen molar-refractivity contribution in [3.63, 3.8) is 0 Å². The minimum atomic E-state index is -0.218. The first-order valence-electron chi connectivity index (χ1n) is 5.74. The summed E-state index contributed by atoms with van der Waals surface area (Å²) in [6, 6.07) is 5.38. The van der Waals surface area contributed by atoms with Gasteiger partial charge in [-0.1, -0.05) is 12.1 Å². The standard InChI is InChI=1S/C13H16BrFN2/c1-2-13(17-7-5-16-6-8-17)10-3-4-11(14)12(15)9-10/h2-4,9,13,16H,1,5-8H2/t13-/m0/s1. The predicted octanol–water partition coefficient (Wildman–Crippen LogP) is 2.72. The third kappa shape index (κ3) is 2.94. The zero-order chi connectivity index (χ0) is 12.3. The summed E-state index contributed by atoms with van der Waals surface area (Å²) in [6.45, 7) is 7.75. The SMILES string of the molecule is C=C[C@@H](c1ccc(Br)c(F)c1)N1CCNCC1. The van der Waals surface area contributed by atoms with Gasteiger partial charge in [0, 0.05) is 26.2 Å². The Bertz CT molecular complexity index is 402. The van der Waals surface area contributed by atoms with Gasteiger partial charge in [0.05, 0.1) is 10.5 Å². The summed E-state index contributed by atoms with van der Waals surface area (Å²) >= 11 is 3.17. The maximum Gasteiger partial charge on any atom is 0.137 e. The highest BCUT2D eigenvalue weighted by Crippen LogP contribution is 2.25. The normalized spacial score (nSPS) is 18.9. The van der Waals surface area contributed by atoms with Crippen molar-refractivity contribution in [2.24, 2.45) is 0 Å². The van der Waals surface area contributed by atoms with Crippen molar-refractivity contribution in [2.45, 2.75) is 6.04 Å². The lowest BCUT2D eigenvalue weighted by Crippen LogP contribution is -2.44. The van der Waals surface area contributed by atoms with Crippen LogP contribution in [-0.4, -0.2) is 31.1 Å². The average Bonchev–Trinajstić information content (AvgIpc) is 2.36. The molecule has 1 aromatic carbocycles. The number of hydrogen-bond donors (Lipinski definition) is 1. The largest absolute Gasteiger partial charge is 0.314 e. The Morgan fingerprint density at radius 2 is 2.12 bits per heavy atom. The second-order valence-electron chi connectivity index (χ2n) is 4.14. The number of hydrogen-bond acceptors (Lipinski definition) is 2. The maximum atomic E-state index is 13.5. The first kappa shape index (κ1) is 12.7. The highest BCUT2D eigenvalue weighted by molar-refractivity contribution is 9.10. The van der Waals surface area contributed by atoms with Crippen LogP contribution >= 0.6 is 15.9 Å². The molecule has 1 atom stereocenters. The Balaban J connectivity index is 2.21. The van der Waals surface area contributed by atoms with E-state index in [-0.39, 0.29) is 11.9 Å². The van der Waals surface area contributed by atoms with E-state index in [2.05, 4.69) is 32.7 Å². The molecule has 0 saturated carbocycles. The lowest BCUT2D eigenvalue weighted by molar-refractivity contribution is 0.203. The number of rotatable bonds is 3. The molecule has 0 radical (unpaired) electrons. The van der Waals surface area contributed by atoms with Crippen molar-refractivity contribution in [3.05, 3.63) is 46.7 Å². The second kappa shape index (κ2) is 5.76. The Morgan fingerprint density at radius 3 is 2.71 bits per heavy atom. The fraction of sp³-hybridized carbons (Fsp3) is 0.385. The number of halogens is 2. The quantitative estimate of drug-likeness (QED) is 0.863. The molecule has 1 fully saturated rings. The van der Waals surface area contributed by atoms with Crippen LogP contribution < -0.4 is 5.32 Å². The van der Waals surface area contributed by atoms with Gasteiger partial charge in [0.25, 0.3) is 0 Å². The number of nitrogens with one attached hydrogen (secondary N) is 1. The summed E-state index contributed by atoms with van der Waals surface area (Å²) in [5.74, 6) is -0.218. The van der Waals surface area contributed by atoms with Gasteiger partial charge in [0.15, 0.2) is 0 Å². The molecule has 1 N–H and O–H groups in total. The van der Waals surface area contributed by atoms with Crippen molar-refractivity contribution in [2.75, 3.05) is 26.2 Å². The van der Waals surface area contributed by atoms with E-state index in [1.807, 2.05) is 12.1 Å². The topological polar surface area (TPSA) is 15.3 Å². The summed E-state index contributed by atoms with van der Waals surface area (Å²) in [5, 5.41) is 3.31. The van der Waals surface area contributed by atoms with Crippen LogP contribution in [0.3, 0.4) is 0 Å². The zero-order valence-electron chi connectivity index (χ0n) is 9.63. The molecule has 1 aliphatic rings. The van der Waals surface area contributed by atoms with E-state index in [0.717, 1.165) is 31.7 Å². The summed E-state index contributed by atoms with van der Waals surface area (Å²) in [6.07, 6.45) is 1.88. The van der Waals surface area contributed by atoms with E-state index >= 15 is 0 Å². The van der Waals surface area contributed by atoms with Crippen molar-refractivity contribution in [1.82, 2.24) is 10.2 Å². The molecule has 0 unspecified atom stereocenters. The first-order valence-corrected chi connectivity index (χ1v) is 6.54. The predicted molar refractivity (Wildman–Crippen MR) is 71.5 cm³/mol. The van der Waals surface area contributed by atoms with E-state index in [1.54, 1.807) is 12.1 Å². The monoisotopic (exact) mass is 298 g/mol. The van der Waals surface area contributed by atoms with Gasteiger partial charge < -0.3 is 5.32 Å². The van der Waals surface area contributed by atoms with E-state index in [4.69, 9.17) is 0 Å². The molecule has 17 heavy (non-hydrogen) atoms. The van der Waals surface area contributed by atoms with Crippen molar-refractivity contribution >= 4 is 15.9 Å². The van der Waals surface area contributed by atoms with Crippen LogP contribution in [0.25, 0.3) is 0 Å². The molecule has 1 heterocycles.